The van der Waals surface area contributed by atoms with Gasteiger partial charge in [0.2, 0.25) is 0 Å². The van der Waals surface area contributed by atoms with Gasteiger partial charge >= 0.3 is 7.05 Å². The van der Waals surface area contributed by atoms with Crippen LogP contribution < -0.4 is 10.5 Å². The molecule has 1 aliphatic carbocycles. The third-order valence-corrected chi connectivity index (χ3v) is 4.85. The standard InChI is InChI=1S/C15H23BN2O/c1-16(19)18-14-7-4-8-15(14)9-10-17-13-6-3-2-5-12(13)11-15/h2-3,5-6,14,17-19H,4,7-11H2,1H3. The quantitative estimate of drug-likeness (QED) is 0.713. The van der Waals surface area contributed by atoms with Gasteiger partial charge in [0.15, 0.2) is 0 Å². The molecule has 4 heteroatoms. The van der Waals surface area contributed by atoms with Crippen LogP contribution in [-0.2, 0) is 6.42 Å². The molecule has 1 spiro atoms. The lowest BCUT2D eigenvalue weighted by Gasteiger charge is -2.36. The summed E-state index contributed by atoms with van der Waals surface area (Å²) in [6, 6.07) is 9.10. The molecule has 3 rings (SSSR count). The molecule has 0 aromatic heterocycles. The molecule has 0 saturated heterocycles. The highest BCUT2D eigenvalue weighted by Gasteiger charge is 2.44. The van der Waals surface area contributed by atoms with Gasteiger partial charge in [-0.2, -0.15) is 0 Å². The van der Waals surface area contributed by atoms with Crippen molar-refractivity contribution in [2.75, 3.05) is 11.9 Å². The van der Waals surface area contributed by atoms with Gasteiger partial charge in [-0.1, -0.05) is 24.6 Å². The molecule has 102 valence electrons. The van der Waals surface area contributed by atoms with Crippen LogP contribution in [0.4, 0.5) is 5.69 Å². The van der Waals surface area contributed by atoms with E-state index in [1.54, 1.807) is 0 Å². The number of rotatable bonds is 2. The average Bonchev–Trinajstić information content (AvgIpc) is 2.64. The first-order valence-corrected chi connectivity index (χ1v) is 7.45. The molecule has 1 saturated carbocycles. The van der Waals surface area contributed by atoms with Crippen LogP contribution in [0.25, 0.3) is 0 Å². The van der Waals surface area contributed by atoms with Crippen LogP contribution in [0.2, 0.25) is 6.82 Å². The van der Waals surface area contributed by atoms with Crippen molar-refractivity contribution in [2.24, 2.45) is 5.41 Å². The molecule has 1 heterocycles. The highest BCUT2D eigenvalue weighted by atomic mass is 16.2. The Morgan fingerprint density at radius 3 is 3.05 bits per heavy atom. The molecule has 1 aromatic rings. The largest absolute Gasteiger partial charge is 0.437 e. The summed E-state index contributed by atoms with van der Waals surface area (Å²) in [5.41, 5.74) is 3.04. The number of hydrogen-bond donors (Lipinski definition) is 3. The lowest BCUT2D eigenvalue weighted by Crippen LogP contribution is -2.48. The third-order valence-electron chi connectivity index (χ3n) is 4.85. The zero-order valence-electron chi connectivity index (χ0n) is 11.7. The summed E-state index contributed by atoms with van der Waals surface area (Å²) in [7, 11) is -0.411. The Labute approximate surface area is 115 Å². The van der Waals surface area contributed by atoms with E-state index in [0.717, 1.165) is 13.0 Å². The summed E-state index contributed by atoms with van der Waals surface area (Å²) in [6.07, 6.45) is 6.04. The molecule has 1 aromatic carbocycles. The van der Waals surface area contributed by atoms with E-state index in [1.807, 2.05) is 6.82 Å². The number of para-hydroxylation sites is 1. The molecule has 0 bridgehead atoms. The zero-order valence-corrected chi connectivity index (χ0v) is 11.7. The molecule has 2 unspecified atom stereocenters. The maximum atomic E-state index is 9.67. The van der Waals surface area contributed by atoms with Crippen LogP contribution in [0.3, 0.4) is 0 Å². The Hall–Kier alpha value is -0.995. The van der Waals surface area contributed by atoms with Gasteiger partial charge in [0.1, 0.15) is 0 Å². The number of hydrogen-bond acceptors (Lipinski definition) is 3. The number of fused-ring (bicyclic) bond motifs is 1. The van der Waals surface area contributed by atoms with E-state index >= 15 is 0 Å². The van der Waals surface area contributed by atoms with Gasteiger partial charge in [0.05, 0.1) is 0 Å². The SMILES string of the molecule is CB(O)NC1CCCC12CCNc1ccccc1C2. The summed E-state index contributed by atoms with van der Waals surface area (Å²) < 4.78 is 0. The van der Waals surface area contributed by atoms with Crippen molar-refractivity contribution >= 4 is 12.7 Å². The van der Waals surface area contributed by atoms with Crippen LogP contribution in [0, 0.1) is 5.41 Å². The molecule has 1 aliphatic heterocycles. The fourth-order valence-electron chi connectivity index (χ4n) is 3.96. The van der Waals surface area contributed by atoms with Gasteiger partial charge < -0.3 is 15.6 Å². The second-order valence-corrected chi connectivity index (χ2v) is 6.16. The van der Waals surface area contributed by atoms with Crippen LogP contribution >= 0.6 is 0 Å². The van der Waals surface area contributed by atoms with Crippen LogP contribution in [0.5, 0.6) is 0 Å². The van der Waals surface area contributed by atoms with Crippen LogP contribution in [0.1, 0.15) is 31.2 Å². The van der Waals surface area contributed by atoms with Gasteiger partial charge in [-0.3, -0.25) is 0 Å². The minimum absolute atomic E-state index is 0.316. The topological polar surface area (TPSA) is 44.3 Å². The van der Waals surface area contributed by atoms with Crippen molar-refractivity contribution < 1.29 is 5.02 Å². The summed E-state index contributed by atoms with van der Waals surface area (Å²) in [5, 5.41) is 16.6. The van der Waals surface area contributed by atoms with Crippen molar-refractivity contribution in [3.63, 3.8) is 0 Å². The van der Waals surface area contributed by atoms with Crippen LogP contribution in [-0.4, -0.2) is 24.7 Å². The molecule has 0 amide bonds. The second-order valence-electron chi connectivity index (χ2n) is 6.16. The molecular formula is C15H23BN2O. The Morgan fingerprint density at radius 2 is 2.21 bits per heavy atom. The monoisotopic (exact) mass is 258 g/mol. The predicted molar refractivity (Wildman–Crippen MR) is 80.3 cm³/mol. The summed E-state index contributed by atoms with van der Waals surface area (Å²) in [6.45, 7) is 2.87. The fraction of sp³-hybridized carbons (Fsp3) is 0.600. The average molecular weight is 258 g/mol. The summed E-state index contributed by atoms with van der Waals surface area (Å²) >= 11 is 0. The normalized spacial score (nSPS) is 29.7. The lowest BCUT2D eigenvalue weighted by molar-refractivity contribution is 0.227. The van der Waals surface area contributed by atoms with Gasteiger partial charge in [-0.25, -0.2) is 0 Å². The van der Waals surface area contributed by atoms with E-state index < -0.39 is 7.05 Å². The Bertz CT molecular complexity index is 452. The molecule has 19 heavy (non-hydrogen) atoms. The molecule has 0 radical (unpaired) electrons. The Morgan fingerprint density at radius 1 is 1.37 bits per heavy atom. The van der Waals surface area contributed by atoms with Crippen molar-refractivity contribution in [3.05, 3.63) is 29.8 Å². The number of nitrogens with one attached hydrogen (secondary N) is 2. The van der Waals surface area contributed by atoms with Crippen molar-refractivity contribution in [2.45, 2.75) is 45.0 Å². The van der Waals surface area contributed by atoms with Gasteiger partial charge in [0.25, 0.3) is 0 Å². The van der Waals surface area contributed by atoms with E-state index in [1.165, 1.54) is 36.9 Å². The van der Waals surface area contributed by atoms with Crippen molar-refractivity contribution in [1.29, 1.82) is 0 Å². The first kappa shape index (κ1) is 13.0. The molecule has 1 fully saturated rings. The van der Waals surface area contributed by atoms with Crippen molar-refractivity contribution in [3.8, 4) is 0 Å². The molecule has 2 aliphatic rings. The number of anilines is 1. The summed E-state index contributed by atoms with van der Waals surface area (Å²) in [5.74, 6) is 0. The highest BCUT2D eigenvalue weighted by Crippen LogP contribution is 2.46. The molecular weight excluding hydrogens is 235 g/mol. The number of benzene rings is 1. The first-order chi connectivity index (χ1) is 9.20. The van der Waals surface area contributed by atoms with E-state index in [-0.39, 0.29) is 0 Å². The molecule has 3 N–H and O–H groups in total. The highest BCUT2D eigenvalue weighted by molar-refractivity contribution is 6.45. The summed E-state index contributed by atoms with van der Waals surface area (Å²) in [4.78, 5) is 0. The fourth-order valence-corrected chi connectivity index (χ4v) is 3.96. The van der Waals surface area contributed by atoms with Crippen molar-refractivity contribution in [1.82, 2.24) is 5.23 Å². The smallest absolute Gasteiger partial charge is 0.373 e. The van der Waals surface area contributed by atoms with Gasteiger partial charge in [0, 0.05) is 18.3 Å². The van der Waals surface area contributed by atoms with Crippen LogP contribution in [0.15, 0.2) is 24.3 Å². The van der Waals surface area contributed by atoms with E-state index in [4.69, 9.17) is 0 Å². The minimum Gasteiger partial charge on any atom is -0.437 e. The molecule has 3 nitrogen and oxygen atoms in total. The third kappa shape index (κ3) is 2.52. The van der Waals surface area contributed by atoms with E-state index in [9.17, 15) is 5.02 Å². The Balaban J connectivity index is 1.87. The Kier molecular flexibility index (Phi) is 3.55. The second kappa shape index (κ2) is 5.18. The molecule has 2 atom stereocenters. The first-order valence-electron chi connectivity index (χ1n) is 7.45. The minimum atomic E-state index is -0.411. The maximum absolute atomic E-state index is 9.67. The lowest BCUT2D eigenvalue weighted by atomic mass is 9.72. The van der Waals surface area contributed by atoms with Gasteiger partial charge in [-0.05, 0) is 49.6 Å². The maximum Gasteiger partial charge on any atom is 0.373 e. The van der Waals surface area contributed by atoms with E-state index in [0.29, 0.717) is 11.5 Å². The van der Waals surface area contributed by atoms with Gasteiger partial charge in [-0.15, -0.1) is 0 Å². The predicted octanol–water partition coefficient (Wildman–Crippen LogP) is 2.28. The zero-order chi connectivity index (χ0) is 13.3. The van der Waals surface area contributed by atoms with E-state index in [2.05, 4.69) is 34.8 Å².